The van der Waals surface area contributed by atoms with Crippen molar-refractivity contribution in [2.24, 2.45) is 0 Å². The van der Waals surface area contributed by atoms with Gasteiger partial charge in [0.25, 0.3) is 0 Å². The summed E-state index contributed by atoms with van der Waals surface area (Å²) >= 11 is 4.88. The standard InChI is InChI=1S/C7H13ClO3/c1-2-3-4-5-10-6-11-7(8)9/h2-6H2,1H3. The normalized spacial score (nSPS) is 9.64. The first-order chi connectivity index (χ1) is 5.27. The Morgan fingerprint density at radius 2 is 2.18 bits per heavy atom. The topological polar surface area (TPSA) is 35.5 Å². The number of ether oxygens (including phenoxy) is 2. The van der Waals surface area contributed by atoms with Gasteiger partial charge in [0.15, 0.2) is 6.79 Å². The van der Waals surface area contributed by atoms with Crippen LogP contribution in [0.3, 0.4) is 0 Å². The summed E-state index contributed by atoms with van der Waals surface area (Å²) in [7, 11) is 0. The Morgan fingerprint density at radius 3 is 2.73 bits per heavy atom. The second kappa shape index (κ2) is 7.82. The van der Waals surface area contributed by atoms with Gasteiger partial charge in [-0.1, -0.05) is 19.8 Å². The first-order valence-electron chi connectivity index (χ1n) is 3.67. The zero-order chi connectivity index (χ0) is 8.53. The Balaban J connectivity index is 2.85. The fraction of sp³-hybridized carbons (Fsp3) is 0.857. The lowest BCUT2D eigenvalue weighted by atomic mass is 10.3. The van der Waals surface area contributed by atoms with Gasteiger partial charge in [0.1, 0.15) is 0 Å². The smallest absolute Gasteiger partial charge is 0.405 e. The molecule has 0 aliphatic heterocycles. The zero-order valence-electron chi connectivity index (χ0n) is 6.64. The molecule has 66 valence electrons. The summed E-state index contributed by atoms with van der Waals surface area (Å²) in [6, 6.07) is 0. The van der Waals surface area contributed by atoms with Crippen LogP contribution < -0.4 is 0 Å². The number of rotatable bonds is 6. The van der Waals surface area contributed by atoms with Crippen molar-refractivity contribution in [2.45, 2.75) is 26.2 Å². The summed E-state index contributed by atoms with van der Waals surface area (Å²) in [6.45, 7) is 2.70. The molecular formula is C7H13ClO3. The van der Waals surface area contributed by atoms with E-state index >= 15 is 0 Å². The van der Waals surface area contributed by atoms with Crippen molar-refractivity contribution in [3.63, 3.8) is 0 Å². The summed E-state index contributed by atoms with van der Waals surface area (Å²) in [5.41, 5.74) is -0.819. The molecule has 11 heavy (non-hydrogen) atoms. The van der Waals surface area contributed by atoms with Crippen LogP contribution in [0.4, 0.5) is 4.79 Å². The van der Waals surface area contributed by atoms with Gasteiger partial charge >= 0.3 is 5.43 Å². The van der Waals surface area contributed by atoms with E-state index in [1.54, 1.807) is 0 Å². The van der Waals surface area contributed by atoms with Crippen LogP contribution in [-0.2, 0) is 9.47 Å². The monoisotopic (exact) mass is 180 g/mol. The van der Waals surface area contributed by atoms with Crippen molar-refractivity contribution in [1.29, 1.82) is 0 Å². The minimum absolute atomic E-state index is 0.0357. The van der Waals surface area contributed by atoms with Crippen LogP contribution in [0.25, 0.3) is 0 Å². The van der Waals surface area contributed by atoms with Crippen LogP contribution in [0.2, 0.25) is 0 Å². The summed E-state index contributed by atoms with van der Waals surface area (Å²) in [6.07, 6.45) is 3.28. The molecule has 0 rings (SSSR count). The van der Waals surface area contributed by atoms with E-state index in [0.717, 1.165) is 19.3 Å². The third kappa shape index (κ3) is 9.72. The van der Waals surface area contributed by atoms with Gasteiger partial charge < -0.3 is 9.47 Å². The predicted octanol–water partition coefficient (Wildman–Crippen LogP) is 2.53. The third-order valence-electron chi connectivity index (χ3n) is 1.15. The van der Waals surface area contributed by atoms with Crippen LogP contribution in [0, 0.1) is 0 Å². The summed E-state index contributed by atoms with van der Waals surface area (Å²) in [5, 5.41) is 0. The molecule has 0 spiro atoms. The number of hydrogen-bond donors (Lipinski definition) is 0. The molecule has 3 nitrogen and oxygen atoms in total. The molecule has 0 aliphatic rings. The molecule has 0 atom stereocenters. The van der Waals surface area contributed by atoms with Crippen LogP contribution in [0.15, 0.2) is 0 Å². The fourth-order valence-corrected chi connectivity index (χ4v) is 0.646. The highest BCUT2D eigenvalue weighted by Gasteiger charge is 1.93. The van der Waals surface area contributed by atoms with Gasteiger partial charge in [-0.05, 0) is 6.42 Å². The van der Waals surface area contributed by atoms with Crippen molar-refractivity contribution in [1.82, 2.24) is 0 Å². The van der Waals surface area contributed by atoms with Crippen molar-refractivity contribution >= 4 is 17.0 Å². The SMILES string of the molecule is CCCCCOCOC(=O)Cl. The predicted molar refractivity (Wildman–Crippen MR) is 42.7 cm³/mol. The quantitative estimate of drug-likeness (QED) is 0.358. The van der Waals surface area contributed by atoms with Crippen LogP contribution in [0.1, 0.15) is 26.2 Å². The maximum Gasteiger partial charge on any atom is 0.405 e. The fourth-order valence-electron chi connectivity index (χ4n) is 0.601. The van der Waals surface area contributed by atoms with E-state index < -0.39 is 5.43 Å². The Morgan fingerprint density at radius 1 is 1.45 bits per heavy atom. The molecule has 0 bridgehead atoms. The molecule has 0 fully saturated rings. The van der Waals surface area contributed by atoms with Crippen molar-refractivity contribution in [2.75, 3.05) is 13.4 Å². The molecule has 0 unspecified atom stereocenters. The minimum Gasteiger partial charge on any atom is -0.426 e. The van der Waals surface area contributed by atoms with Gasteiger partial charge in [-0.25, -0.2) is 4.79 Å². The van der Waals surface area contributed by atoms with Crippen molar-refractivity contribution in [3.8, 4) is 0 Å². The second-order valence-electron chi connectivity index (χ2n) is 2.12. The molecule has 4 heteroatoms. The molecule has 0 radical (unpaired) electrons. The molecule has 0 saturated heterocycles. The highest BCUT2D eigenvalue weighted by atomic mass is 35.5. The van der Waals surface area contributed by atoms with E-state index in [1.165, 1.54) is 0 Å². The first-order valence-corrected chi connectivity index (χ1v) is 4.05. The lowest BCUT2D eigenvalue weighted by molar-refractivity contribution is -0.00728. The van der Waals surface area contributed by atoms with E-state index in [2.05, 4.69) is 11.7 Å². The van der Waals surface area contributed by atoms with E-state index in [4.69, 9.17) is 16.3 Å². The molecule has 0 aromatic rings. The lowest BCUT2D eigenvalue weighted by Crippen LogP contribution is -2.02. The Hall–Kier alpha value is -0.280. The molecule has 0 saturated carbocycles. The highest BCUT2D eigenvalue weighted by molar-refractivity contribution is 6.61. The number of unbranched alkanes of at least 4 members (excludes halogenated alkanes) is 2. The summed E-state index contributed by atoms with van der Waals surface area (Å²) < 4.78 is 9.25. The number of carbonyl (C=O) groups excluding carboxylic acids is 1. The molecule has 0 heterocycles. The molecule has 0 aromatic heterocycles. The molecule has 0 amide bonds. The molecule has 0 aromatic carbocycles. The van der Waals surface area contributed by atoms with E-state index in [-0.39, 0.29) is 6.79 Å². The van der Waals surface area contributed by atoms with Crippen molar-refractivity contribution in [3.05, 3.63) is 0 Å². The molecule has 0 N–H and O–H groups in total. The van der Waals surface area contributed by atoms with Gasteiger partial charge in [-0.2, -0.15) is 0 Å². The molecule has 0 aliphatic carbocycles. The van der Waals surface area contributed by atoms with Gasteiger partial charge in [0.05, 0.1) is 6.61 Å². The number of carbonyl (C=O) groups is 1. The van der Waals surface area contributed by atoms with E-state index in [9.17, 15) is 4.79 Å². The maximum absolute atomic E-state index is 10.00. The van der Waals surface area contributed by atoms with Gasteiger partial charge in [-0.3, -0.25) is 0 Å². The van der Waals surface area contributed by atoms with Crippen LogP contribution >= 0.6 is 11.6 Å². The Kier molecular flexibility index (Phi) is 7.62. The average Bonchev–Trinajstić information content (AvgIpc) is 1.96. The summed E-state index contributed by atoms with van der Waals surface area (Å²) in [4.78, 5) is 10.00. The van der Waals surface area contributed by atoms with Crippen LogP contribution in [-0.4, -0.2) is 18.8 Å². The van der Waals surface area contributed by atoms with Gasteiger partial charge in [-0.15, -0.1) is 0 Å². The van der Waals surface area contributed by atoms with E-state index in [0.29, 0.717) is 6.61 Å². The minimum atomic E-state index is -0.819. The largest absolute Gasteiger partial charge is 0.426 e. The second-order valence-corrected chi connectivity index (χ2v) is 2.42. The number of halogens is 1. The number of hydrogen-bond acceptors (Lipinski definition) is 3. The zero-order valence-corrected chi connectivity index (χ0v) is 7.39. The summed E-state index contributed by atoms with van der Waals surface area (Å²) in [5.74, 6) is 0. The average molecular weight is 181 g/mol. The van der Waals surface area contributed by atoms with Gasteiger partial charge in [0.2, 0.25) is 0 Å². The van der Waals surface area contributed by atoms with Crippen LogP contribution in [0.5, 0.6) is 0 Å². The maximum atomic E-state index is 10.00. The van der Waals surface area contributed by atoms with Gasteiger partial charge in [0, 0.05) is 11.6 Å². The lowest BCUT2D eigenvalue weighted by Gasteiger charge is -2.01. The Bertz CT molecular complexity index is 106. The highest BCUT2D eigenvalue weighted by Crippen LogP contribution is 1.94. The Labute approximate surface area is 71.6 Å². The molecular weight excluding hydrogens is 168 g/mol. The first kappa shape index (κ1) is 10.7. The van der Waals surface area contributed by atoms with E-state index in [1.807, 2.05) is 0 Å². The third-order valence-corrected chi connectivity index (χ3v) is 1.26. The van der Waals surface area contributed by atoms with Crippen molar-refractivity contribution < 1.29 is 14.3 Å².